The van der Waals surface area contributed by atoms with Crippen molar-refractivity contribution in [1.82, 2.24) is 15.5 Å². The first-order valence-corrected chi connectivity index (χ1v) is 11.0. The fourth-order valence-electron chi connectivity index (χ4n) is 2.88. The van der Waals surface area contributed by atoms with E-state index in [0.29, 0.717) is 11.8 Å². The minimum absolute atomic E-state index is 0.0805. The third-order valence-corrected chi connectivity index (χ3v) is 5.69. The Balaban J connectivity index is 1.80. The van der Waals surface area contributed by atoms with Crippen LogP contribution in [0.4, 0.5) is 0 Å². The number of thioether (sulfide) groups is 1. The van der Waals surface area contributed by atoms with Gasteiger partial charge in [-0.2, -0.15) is 0 Å². The van der Waals surface area contributed by atoms with Gasteiger partial charge < -0.3 is 15.5 Å². The lowest BCUT2D eigenvalue weighted by Gasteiger charge is -2.19. The van der Waals surface area contributed by atoms with Gasteiger partial charge in [0.2, 0.25) is 0 Å². The van der Waals surface area contributed by atoms with Crippen LogP contribution in [0.3, 0.4) is 0 Å². The first-order valence-electron chi connectivity index (χ1n) is 10.1. The van der Waals surface area contributed by atoms with Crippen molar-refractivity contribution in [2.75, 3.05) is 26.7 Å². The van der Waals surface area contributed by atoms with E-state index in [1.165, 1.54) is 4.90 Å². The molecule has 2 N–H and O–H groups in total. The standard InChI is InChI=1S/C23H32N4OS/c1-5-27(6-2)22(28)20-14-12-19(13-15-20)17-26-23(24-4)25-16-18(3)29-21-10-8-7-9-11-21/h7-15,18H,5-6,16-17H2,1-4H3,(H2,24,25,26). The van der Waals surface area contributed by atoms with Crippen molar-refractivity contribution in [3.8, 4) is 0 Å². The Hall–Kier alpha value is -2.47. The number of benzene rings is 2. The molecule has 0 spiro atoms. The molecule has 2 rings (SSSR count). The highest BCUT2D eigenvalue weighted by atomic mass is 32.2. The highest BCUT2D eigenvalue weighted by Gasteiger charge is 2.12. The Morgan fingerprint density at radius 1 is 1.03 bits per heavy atom. The predicted octanol–water partition coefficient (Wildman–Crippen LogP) is 4.01. The number of carbonyl (C=O) groups excluding carboxylic acids is 1. The zero-order valence-electron chi connectivity index (χ0n) is 17.8. The van der Waals surface area contributed by atoms with Crippen molar-refractivity contribution in [2.24, 2.45) is 4.99 Å². The maximum Gasteiger partial charge on any atom is 0.253 e. The number of amides is 1. The summed E-state index contributed by atoms with van der Waals surface area (Å²) in [4.78, 5) is 19.8. The number of rotatable bonds is 9. The second-order valence-electron chi connectivity index (χ2n) is 6.72. The van der Waals surface area contributed by atoms with E-state index in [0.717, 1.165) is 36.7 Å². The van der Waals surface area contributed by atoms with Gasteiger partial charge in [-0.3, -0.25) is 9.79 Å². The fraction of sp³-hybridized carbons (Fsp3) is 0.391. The second kappa shape index (κ2) is 12.2. The van der Waals surface area contributed by atoms with Crippen LogP contribution in [0.1, 0.15) is 36.7 Å². The van der Waals surface area contributed by atoms with Gasteiger partial charge in [-0.15, -0.1) is 11.8 Å². The Bertz CT molecular complexity index is 773. The summed E-state index contributed by atoms with van der Waals surface area (Å²) in [6, 6.07) is 18.2. The number of carbonyl (C=O) groups is 1. The quantitative estimate of drug-likeness (QED) is 0.371. The van der Waals surface area contributed by atoms with E-state index in [1.807, 2.05) is 60.8 Å². The van der Waals surface area contributed by atoms with Crippen LogP contribution in [0.2, 0.25) is 0 Å². The lowest BCUT2D eigenvalue weighted by molar-refractivity contribution is 0.0773. The van der Waals surface area contributed by atoms with Crippen molar-refractivity contribution in [2.45, 2.75) is 37.5 Å². The fourth-order valence-corrected chi connectivity index (χ4v) is 3.82. The van der Waals surface area contributed by atoms with Gasteiger partial charge in [-0.25, -0.2) is 0 Å². The Kier molecular flexibility index (Phi) is 9.57. The molecule has 0 aromatic heterocycles. The smallest absolute Gasteiger partial charge is 0.253 e. The number of nitrogens with one attached hydrogen (secondary N) is 2. The molecule has 1 atom stereocenters. The van der Waals surface area contributed by atoms with Crippen molar-refractivity contribution in [3.63, 3.8) is 0 Å². The number of nitrogens with zero attached hydrogens (tertiary/aromatic N) is 2. The molecule has 0 saturated heterocycles. The molecule has 6 heteroatoms. The van der Waals surface area contributed by atoms with E-state index in [1.54, 1.807) is 7.05 Å². The van der Waals surface area contributed by atoms with Crippen LogP contribution in [-0.4, -0.2) is 48.7 Å². The highest BCUT2D eigenvalue weighted by molar-refractivity contribution is 8.00. The molecule has 0 fully saturated rings. The van der Waals surface area contributed by atoms with E-state index in [9.17, 15) is 4.79 Å². The Morgan fingerprint density at radius 3 is 2.28 bits per heavy atom. The zero-order chi connectivity index (χ0) is 21.1. The van der Waals surface area contributed by atoms with Crippen LogP contribution in [0.5, 0.6) is 0 Å². The molecule has 2 aromatic rings. The summed E-state index contributed by atoms with van der Waals surface area (Å²) in [7, 11) is 1.77. The lowest BCUT2D eigenvalue weighted by Crippen LogP contribution is -2.39. The Morgan fingerprint density at radius 2 is 1.69 bits per heavy atom. The third kappa shape index (κ3) is 7.46. The highest BCUT2D eigenvalue weighted by Crippen LogP contribution is 2.21. The molecule has 0 radical (unpaired) electrons. The first-order chi connectivity index (χ1) is 14.1. The van der Waals surface area contributed by atoms with Gasteiger partial charge in [0.15, 0.2) is 5.96 Å². The van der Waals surface area contributed by atoms with Gasteiger partial charge in [-0.1, -0.05) is 37.3 Å². The monoisotopic (exact) mass is 412 g/mol. The second-order valence-corrected chi connectivity index (χ2v) is 8.23. The van der Waals surface area contributed by atoms with E-state index >= 15 is 0 Å². The largest absolute Gasteiger partial charge is 0.355 e. The minimum atomic E-state index is 0.0805. The van der Waals surface area contributed by atoms with E-state index in [2.05, 4.69) is 46.8 Å². The van der Waals surface area contributed by atoms with Crippen molar-refractivity contribution in [3.05, 3.63) is 65.7 Å². The predicted molar refractivity (Wildman–Crippen MR) is 124 cm³/mol. The van der Waals surface area contributed by atoms with Gasteiger partial charge in [0, 0.05) is 48.9 Å². The van der Waals surface area contributed by atoms with Gasteiger partial charge >= 0.3 is 0 Å². The molecular formula is C23H32N4OS. The van der Waals surface area contributed by atoms with Crippen LogP contribution in [0.15, 0.2) is 64.5 Å². The summed E-state index contributed by atoms with van der Waals surface area (Å²) < 4.78 is 0. The molecule has 0 saturated carbocycles. The Labute approximate surface area is 179 Å². The molecule has 156 valence electrons. The maximum atomic E-state index is 12.4. The molecule has 0 aliphatic carbocycles. The molecule has 1 amide bonds. The van der Waals surface area contributed by atoms with Crippen LogP contribution in [0.25, 0.3) is 0 Å². The summed E-state index contributed by atoms with van der Waals surface area (Å²) in [6.45, 7) is 9.11. The van der Waals surface area contributed by atoms with E-state index < -0.39 is 0 Å². The van der Waals surface area contributed by atoms with Crippen molar-refractivity contribution in [1.29, 1.82) is 0 Å². The number of hydrogen-bond donors (Lipinski definition) is 2. The summed E-state index contributed by atoms with van der Waals surface area (Å²) in [5, 5.41) is 7.13. The third-order valence-electron chi connectivity index (χ3n) is 4.57. The molecule has 5 nitrogen and oxygen atoms in total. The molecule has 0 aliphatic heterocycles. The molecule has 29 heavy (non-hydrogen) atoms. The topological polar surface area (TPSA) is 56.7 Å². The summed E-state index contributed by atoms with van der Waals surface area (Å²) in [5.41, 5.74) is 1.84. The van der Waals surface area contributed by atoms with Crippen LogP contribution in [0, 0.1) is 0 Å². The van der Waals surface area contributed by atoms with Gasteiger partial charge in [0.05, 0.1) is 0 Å². The zero-order valence-corrected chi connectivity index (χ0v) is 18.6. The van der Waals surface area contributed by atoms with E-state index in [-0.39, 0.29) is 5.91 Å². The molecule has 0 aliphatic rings. The number of aliphatic imine (C=N–C) groups is 1. The van der Waals surface area contributed by atoms with Gasteiger partial charge in [0.1, 0.15) is 0 Å². The lowest BCUT2D eigenvalue weighted by atomic mass is 10.1. The molecular weight excluding hydrogens is 380 g/mol. The number of guanidine groups is 1. The summed E-state index contributed by atoms with van der Waals surface area (Å²) in [6.07, 6.45) is 0. The average molecular weight is 413 g/mol. The maximum absolute atomic E-state index is 12.4. The first kappa shape index (κ1) is 22.8. The van der Waals surface area contributed by atoms with Crippen LogP contribution >= 0.6 is 11.8 Å². The van der Waals surface area contributed by atoms with Crippen LogP contribution in [-0.2, 0) is 6.54 Å². The van der Waals surface area contributed by atoms with Crippen molar-refractivity contribution >= 4 is 23.6 Å². The normalized spacial score (nSPS) is 12.3. The minimum Gasteiger partial charge on any atom is -0.355 e. The number of hydrogen-bond acceptors (Lipinski definition) is 3. The average Bonchev–Trinajstić information content (AvgIpc) is 2.75. The summed E-state index contributed by atoms with van der Waals surface area (Å²) >= 11 is 1.84. The van der Waals surface area contributed by atoms with E-state index in [4.69, 9.17) is 0 Å². The SMILES string of the molecule is CCN(CC)C(=O)c1ccc(CNC(=NC)NCC(C)Sc2ccccc2)cc1. The van der Waals surface area contributed by atoms with Gasteiger partial charge in [-0.05, 0) is 43.7 Å². The molecule has 0 bridgehead atoms. The van der Waals surface area contributed by atoms with Crippen molar-refractivity contribution < 1.29 is 4.79 Å². The molecule has 0 heterocycles. The van der Waals surface area contributed by atoms with Gasteiger partial charge in [0.25, 0.3) is 5.91 Å². The molecule has 1 unspecified atom stereocenters. The van der Waals surface area contributed by atoms with Crippen LogP contribution < -0.4 is 10.6 Å². The molecule has 2 aromatic carbocycles. The summed E-state index contributed by atoms with van der Waals surface area (Å²) in [5.74, 6) is 0.852.